The van der Waals surface area contributed by atoms with Crippen LogP contribution in [0.15, 0.2) is 0 Å². The zero-order valence-corrected chi connectivity index (χ0v) is 10.1. The van der Waals surface area contributed by atoms with Gasteiger partial charge in [0.05, 0.1) is 0 Å². The van der Waals surface area contributed by atoms with Crippen molar-refractivity contribution in [1.29, 1.82) is 0 Å². The van der Waals surface area contributed by atoms with Crippen LogP contribution in [0.2, 0.25) is 0 Å². The molecule has 2 aliphatic rings. The first kappa shape index (κ1) is 11.4. The summed E-state index contributed by atoms with van der Waals surface area (Å²) >= 11 is 0. The van der Waals surface area contributed by atoms with Crippen LogP contribution in [0, 0.1) is 0 Å². The summed E-state index contributed by atoms with van der Waals surface area (Å²) in [6.45, 7) is 4.52. The van der Waals surface area contributed by atoms with Gasteiger partial charge in [0.15, 0.2) is 0 Å². The second kappa shape index (κ2) is 4.07. The molecule has 16 heavy (non-hydrogen) atoms. The Morgan fingerprint density at radius 1 is 1.38 bits per heavy atom. The van der Waals surface area contributed by atoms with E-state index in [1.807, 2.05) is 11.8 Å². The van der Waals surface area contributed by atoms with Crippen LogP contribution in [-0.4, -0.2) is 34.8 Å². The molecule has 1 spiro atoms. The van der Waals surface area contributed by atoms with E-state index in [4.69, 9.17) is 0 Å². The third kappa shape index (κ3) is 1.51. The van der Waals surface area contributed by atoms with Crippen molar-refractivity contribution >= 4 is 11.8 Å². The maximum Gasteiger partial charge on any atom is 0.246 e. The topological polar surface area (TPSA) is 49.4 Å². The lowest BCUT2D eigenvalue weighted by atomic mass is 9.89. The maximum atomic E-state index is 12.2. The van der Waals surface area contributed by atoms with E-state index in [1.165, 1.54) is 0 Å². The number of nitrogens with one attached hydrogen (secondary N) is 1. The molecule has 2 amide bonds. The van der Waals surface area contributed by atoms with E-state index in [-0.39, 0.29) is 17.9 Å². The van der Waals surface area contributed by atoms with Crippen LogP contribution in [0.4, 0.5) is 0 Å². The Balaban J connectivity index is 2.31. The largest absolute Gasteiger partial charge is 0.343 e. The highest BCUT2D eigenvalue weighted by atomic mass is 16.2. The lowest BCUT2D eigenvalue weighted by Crippen LogP contribution is -2.69. The lowest BCUT2D eigenvalue weighted by Gasteiger charge is -2.45. The second-order valence-electron chi connectivity index (χ2n) is 4.92. The van der Waals surface area contributed by atoms with E-state index >= 15 is 0 Å². The molecule has 0 aromatic carbocycles. The van der Waals surface area contributed by atoms with E-state index < -0.39 is 5.54 Å². The van der Waals surface area contributed by atoms with Gasteiger partial charge in [-0.05, 0) is 26.2 Å². The predicted octanol–water partition coefficient (Wildman–Crippen LogP) is 1.06. The van der Waals surface area contributed by atoms with Crippen molar-refractivity contribution in [2.75, 3.05) is 6.54 Å². The number of amides is 2. The third-order valence-electron chi connectivity index (χ3n) is 3.80. The van der Waals surface area contributed by atoms with E-state index in [9.17, 15) is 9.59 Å². The van der Waals surface area contributed by atoms with Gasteiger partial charge in [-0.25, -0.2) is 0 Å². The summed E-state index contributed by atoms with van der Waals surface area (Å²) < 4.78 is 0. The summed E-state index contributed by atoms with van der Waals surface area (Å²) in [7, 11) is 0. The first-order valence-corrected chi connectivity index (χ1v) is 6.24. The van der Waals surface area contributed by atoms with E-state index in [0.29, 0.717) is 6.54 Å². The summed E-state index contributed by atoms with van der Waals surface area (Å²) in [5.74, 6) is 0.147. The van der Waals surface area contributed by atoms with Crippen LogP contribution in [0.3, 0.4) is 0 Å². The number of nitrogens with zero attached hydrogens (tertiary/aromatic N) is 1. The molecule has 1 N–H and O–H groups in total. The third-order valence-corrected chi connectivity index (χ3v) is 3.80. The Morgan fingerprint density at radius 2 is 2.00 bits per heavy atom. The molecule has 2 rings (SSSR count). The smallest absolute Gasteiger partial charge is 0.246 e. The van der Waals surface area contributed by atoms with Gasteiger partial charge in [-0.3, -0.25) is 9.59 Å². The fourth-order valence-corrected chi connectivity index (χ4v) is 2.96. The predicted molar refractivity (Wildman–Crippen MR) is 60.8 cm³/mol. The highest BCUT2D eigenvalue weighted by Gasteiger charge is 2.52. The van der Waals surface area contributed by atoms with Gasteiger partial charge in [0.2, 0.25) is 11.8 Å². The molecular weight excluding hydrogens is 204 g/mol. The summed E-state index contributed by atoms with van der Waals surface area (Å²) in [5.41, 5.74) is -0.514. The fourth-order valence-electron chi connectivity index (χ4n) is 2.96. The van der Waals surface area contributed by atoms with Crippen molar-refractivity contribution in [2.24, 2.45) is 0 Å². The molecule has 90 valence electrons. The van der Waals surface area contributed by atoms with Gasteiger partial charge in [0.1, 0.15) is 11.6 Å². The van der Waals surface area contributed by atoms with Crippen molar-refractivity contribution in [2.45, 2.75) is 57.5 Å². The minimum absolute atomic E-state index is 0.0607. The average Bonchev–Trinajstić information content (AvgIpc) is 2.73. The molecule has 2 fully saturated rings. The van der Waals surface area contributed by atoms with Crippen molar-refractivity contribution in [3.63, 3.8) is 0 Å². The van der Waals surface area contributed by atoms with Gasteiger partial charge < -0.3 is 10.2 Å². The Kier molecular flexibility index (Phi) is 2.91. The van der Waals surface area contributed by atoms with Crippen LogP contribution in [0.5, 0.6) is 0 Å². The number of rotatable bonds is 2. The highest BCUT2D eigenvalue weighted by Crippen LogP contribution is 2.38. The van der Waals surface area contributed by atoms with Crippen LogP contribution in [-0.2, 0) is 9.59 Å². The first-order chi connectivity index (χ1) is 7.62. The maximum absolute atomic E-state index is 12.2. The molecule has 1 aliphatic carbocycles. The summed E-state index contributed by atoms with van der Waals surface area (Å²) in [4.78, 5) is 26.1. The number of hydrogen-bond acceptors (Lipinski definition) is 2. The molecule has 1 saturated carbocycles. The molecule has 1 aliphatic heterocycles. The number of carbonyl (C=O) groups excluding carboxylic acids is 2. The summed E-state index contributed by atoms with van der Waals surface area (Å²) in [5, 5.41) is 2.82. The molecule has 0 radical (unpaired) electrons. The van der Waals surface area contributed by atoms with E-state index in [0.717, 1.165) is 32.1 Å². The van der Waals surface area contributed by atoms with Gasteiger partial charge in [-0.15, -0.1) is 0 Å². The van der Waals surface area contributed by atoms with Gasteiger partial charge in [-0.2, -0.15) is 0 Å². The molecule has 1 atom stereocenters. The minimum atomic E-state index is -0.514. The normalized spacial score (nSPS) is 28.6. The molecule has 1 saturated heterocycles. The molecule has 4 heteroatoms. The Labute approximate surface area is 96.4 Å². The number of hydrogen-bond donors (Lipinski definition) is 1. The zero-order valence-electron chi connectivity index (χ0n) is 10.1. The second-order valence-corrected chi connectivity index (χ2v) is 4.92. The van der Waals surface area contributed by atoms with Gasteiger partial charge in [-0.1, -0.05) is 19.8 Å². The van der Waals surface area contributed by atoms with Crippen LogP contribution >= 0.6 is 0 Å². The summed E-state index contributed by atoms with van der Waals surface area (Å²) in [6.07, 6.45) is 4.67. The SMILES string of the molecule is CCCN1C(=O)C(C)NC(=O)C12CCCC2. The Morgan fingerprint density at radius 3 is 2.56 bits per heavy atom. The average molecular weight is 224 g/mol. The quantitative estimate of drug-likeness (QED) is 0.762. The lowest BCUT2D eigenvalue weighted by molar-refractivity contribution is -0.156. The Bertz CT molecular complexity index is 308. The molecule has 0 aromatic rings. The monoisotopic (exact) mass is 224 g/mol. The van der Waals surface area contributed by atoms with E-state index in [1.54, 1.807) is 6.92 Å². The van der Waals surface area contributed by atoms with Crippen molar-refractivity contribution in [1.82, 2.24) is 10.2 Å². The van der Waals surface area contributed by atoms with Gasteiger partial charge in [0, 0.05) is 6.54 Å². The van der Waals surface area contributed by atoms with Crippen molar-refractivity contribution < 1.29 is 9.59 Å². The van der Waals surface area contributed by atoms with Crippen LogP contribution in [0.25, 0.3) is 0 Å². The van der Waals surface area contributed by atoms with Crippen LogP contribution in [0.1, 0.15) is 46.0 Å². The molecule has 0 aromatic heterocycles. The molecule has 1 unspecified atom stereocenters. The molecule has 1 heterocycles. The van der Waals surface area contributed by atoms with Crippen molar-refractivity contribution in [3.8, 4) is 0 Å². The standard InChI is InChI=1S/C12H20N2O2/c1-3-8-14-10(15)9(2)13-11(16)12(14)6-4-5-7-12/h9H,3-8H2,1-2H3,(H,13,16). The Hall–Kier alpha value is -1.06. The first-order valence-electron chi connectivity index (χ1n) is 6.24. The van der Waals surface area contributed by atoms with E-state index in [2.05, 4.69) is 5.32 Å². The zero-order chi connectivity index (χ0) is 11.8. The van der Waals surface area contributed by atoms with Gasteiger partial charge in [0.25, 0.3) is 0 Å². The molecule has 4 nitrogen and oxygen atoms in total. The summed E-state index contributed by atoms with van der Waals surface area (Å²) in [6, 6.07) is -0.356. The van der Waals surface area contributed by atoms with Gasteiger partial charge >= 0.3 is 0 Å². The van der Waals surface area contributed by atoms with Crippen LogP contribution < -0.4 is 5.32 Å². The molecular formula is C12H20N2O2. The van der Waals surface area contributed by atoms with Crippen molar-refractivity contribution in [3.05, 3.63) is 0 Å². The highest BCUT2D eigenvalue weighted by molar-refractivity contribution is 5.99. The molecule has 0 bridgehead atoms. The number of piperazine rings is 1. The fraction of sp³-hybridized carbons (Fsp3) is 0.833. The minimum Gasteiger partial charge on any atom is -0.343 e. The number of carbonyl (C=O) groups is 2.